The van der Waals surface area contributed by atoms with Gasteiger partial charge in [-0.15, -0.1) is 0 Å². The van der Waals surface area contributed by atoms with Gasteiger partial charge < -0.3 is 5.73 Å². The van der Waals surface area contributed by atoms with E-state index < -0.39 is 0 Å². The monoisotopic (exact) mass is 347 g/mol. The Labute approximate surface area is 132 Å². The van der Waals surface area contributed by atoms with E-state index in [1.165, 1.54) is 25.7 Å². The van der Waals surface area contributed by atoms with Crippen LogP contribution in [0.2, 0.25) is 0 Å². The topological polar surface area (TPSA) is 60.9 Å². The lowest BCUT2D eigenvalue weighted by Gasteiger charge is -2.08. The summed E-state index contributed by atoms with van der Waals surface area (Å²) in [7, 11) is 0. The highest BCUT2D eigenvalue weighted by molar-refractivity contribution is 9.10. The molecule has 5 heteroatoms. The molecular weight excluding hydrogens is 330 g/mol. The fourth-order valence-corrected chi connectivity index (χ4v) is 3.19. The molecule has 1 aliphatic rings. The molecule has 1 aromatic carbocycles. The molecule has 0 atom stereocenters. The minimum Gasteiger partial charge on any atom is -0.398 e. The number of halogens is 1. The number of hydrogen-bond acceptors (Lipinski definition) is 3. The fraction of sp³-hybridized carbons (Fsp3) is 0.375. The number of ketones is 1. The first kappa shape index (κ1) is 14.3. The second-order valence-corrected chi connectivity index (χ2v) is 6.42. The standard InChI is InChI=1S/C16H18BrN3O/c17-14-9-11(5-6-15(14)18)16(21)10-12-7-8-20(19-12)13-3-1-2-4-13/h5-9,13H,1-4,10,18H2. The van der Waals surface area contributed by atoms with E-state index in [-0.39, 0.29) is 5.78 Å². The van der Waals surface area contributed by atoms with Gasteiger partial charge in [-0.3, -0.25) is 9.48 Å². The van der Waals surface area contributed by atoms with E-state index in [0.29, 0.717) is 23.7 Å². The summed E-state index contributed by atoms with van der Waals surface area (Å²) < 4.78 is 2.78. The van der Waals surface area contributed by atoms with Crippen molar-refractivity contribution in [1.82, 2.24) is 9.78 Å². The first-order valence-electron chi connectivity index (χ1n) is 7.26. The molecule has 1 aromatic heterocycles. The Balaban J connectivity index is 1.70. The zero-order valence-electron chi connectivity index (χ0n) is 11.8. The Morgan fingerprint density at radius 3 is 2.81 bits per heavy atom. The molecule has 2 N–H and O–H groups in total. The summed E-state index contributed by atoms with van der Waals surface area (Å²) in [6.45, 7) is 0. The molecule has 1 heterocycles. The summed E-state index contributed by atoms with van der Waals surface area (Å²) in [5.41, 5.74) is 7.87. The van der Waals surface area contributed by atoms with Gasteiger partial charge in [0.15, 0.2) is 5.78 Å². The molecule has 21 heavy (non-hydrogen) atoms. The van der Waals surface area contributed by atoms with Crippen LogP contribution in [0.25, 0.3) is 0 Å². The van der Waals surface area contributed by atoms with Gasteiger partial charge in [0.05, 0.1) is 18.2 Å². The van der Waals surface area contributed by atoms with E-state index in [0.717, 1.165) is 10.2 Å². The third-order valence-corrected chi connectivity index (χ3v) is 4.71. The van der Waals surface area contributed by atoms with Crippen molar-refractivity contribution < 1.29 is 4.79 Å². The molecule has 2 aromatic rings. The maximum atomic E-state index is 12.3. The molecule has 0 aliphatic heterocycles. The number of anilines is 1. The van der Waals surface area contributed by atoms with E-state index in [2.05, 4.69) is 21.0 Å². The van der Waals surface area contributed by atoms with Crippen molar-refractivity contribution in [3.8, 4) is 0 Å². The van der Waals surface area contributed by atoms with Crippen LogP contribution in [-0.2, 0) is 6.42 Å². The van der Waals surface area contributed by atoms with Crippen LogP contribution in [0.5, 0.6) is 0 Å². The van der Waals surface area contributed by atoms with E-state index in [1.54, 1.807) is 18.2 Å². The van der Waals surface area contributed by atoms with Gasteiger partial charge in [-0.05, 0) is 53.0 Å². The molecule has 0 bridgehead atoms. The third-order valence-electron chi connectivity index (χ3n) is 4.03. The first-order chi connectivity index (χ1) is 10.1. The molecule has 0 saturated heterocycles. The summed E-state index contributed by atoms with van der Waals surface area (Å²) >= 11 is 3.35. The van der Waals surface area contributed by atoms with Crippen LogP contribution in [-0.4, -0.2) is 15.6 Å². The summed E-state index contributed by atoms with van der Waals surface area (Å²) in [5.74, 6) is 0.0624. The molecular formula is C16H18BrN3O. The fourth-order valence-electron chi connectivity index (χ4n) is 2.81. The number of aromatic nitrogens is 2. The predicted molar refractivity (Wildman–Crippen MR) is 86.3 cm³/mol. The van der Waals surface area contributed by atoms with Gasteiger partial charge in [0.25, 0.3) is 0 Å². The van der Waals surface area contributed by atoms with Crippen molar-refractivity contribution in [1.29, 1.82) is 0 Å². The predicted octanol–water partition coefficient (Wildman–Crippen LogP) is 3.77. The van der Waals surface area contributed by atoms with Gasteiger partial charge in [-0.1, -0.05) is 12.8 Å². The Morgan fingerprint density at radius 2 is 2.10 bits per heavy atom. The van der Waals surface area contributed by atoms with E-state index in [1.807, 2.05) is 16.9 Å². The Morgan fingerprint density at radius 1 is 1.33 bits per heavy atom. The molecule has 0 spiro atoms. The molecule has 1 aliphatic carbocycles. The largest absolute Gasteiger partial charge is 0.398 e. The van der Waals surface area contributed by atoms with Gasteiger partial charge in [0, 0.05) is 21.9 Å². The zero-order valence-corrected chi connectivity index (χ0v) is 13.3. The summed E-state index contributed by atoms with van der Waals surface area (Å²) in [4.78, 5) is 12.3. The van der Waals surface area contributed by atoms with Crippen LogP contribution >= 0.6 is 15.9 Å². The number of benzene rings is 1. The molecule has 0 amide bonds. The van der Waals surface area contributed by atoms with Gasteiger partial charge in [0.1, 0.15) is 0 Å². The number of Topliss-reactive ketones (excluding diaryl/α,β-unsaturated/α-hetero) is 1. The van der Waals surface area contributed by atoms with Crippen LogP contribution in [0, 0.1) is 0 Å². The quantitative estimate of drug-likeness (QED) is 0.676. The van der Waals surface area contributed by atoms with Crippen LogP contribution in [0.3, 0.4) is 0 Å². The van der Waals surface area contributed by atoms with Gasteiger partial charge >= 0.3 is 0 Å². The molecule has 110 valence electrons. The summed E-state index contributed by atoms with van der Waals surface area (Å²) in [5, 5.41) is 4.56. The molecule has 1 saturated carbocycles. The Hall–Kier alpha value is -1.62. The molecule has 0 unspecified atom stereocenters. The number of nitrogen functional groups attached to an aromatic ring is 1. The molecule has 4 nitrogen and oxygen atoms in total. The highest BCUT2D eigenvalue weighted by atomic mass is 79.9. The zero-order chi connectivity index (χ0) is 14.8. The number of nitrogens with zero attached hydrogens (tertiary/aromatic N) is 2. The van der Waals surface area contributed by atoms with Crippen LogP contribution < -0.4 is 5.73 Å². The molecule has 0 radical (unpaired) electrons. The van der Waals surface area contributed by atoms with E-state index in [9.17, 15) is 4.79 Å². The van der Waals surface area contributed by atoms with E-state index in [4.69, 9.17) is 5.73 Å². The number of carbonyl (C=O) groups excluding carboxylic acids is 1. The van der Waals surface area contributed by atoms with Crippen molar-refractivity contribution in [3.63, 3.8) is 0 Å². The number of hydrogen-bond donors (Lipinski definition) is 1. The lowest BCUT2D eigenvalue weighted by Crippen LogP contribution is -2.08. The van der Waals surface area contributed by atoms with Crippen LogP contribution in [0.4, 0.5) is 5.69 Å². The first-order valence-corrected chi connectivity index (χ1v) is 8.05. The Kier molecular flexibility index (Phi) is 4.10. The SMILES string of the molecule is Nc1ccc(C(=O)Cc2ccn(C3CCCC3)n2)cc1Br. The second-order valence-electron chi connectivity index (χ2n) is 5.56. The summed E-state index contributed by atoms with van der Waals surface area (Å²) in [6, 6.07) is 7.73. The average molecular weight is 348 g/mol. The van der Waals surface area contributed by atoms with Crippen molar-refractivity contribution in [3.05, 3.63) is 46.2 Å². The smallest absolute Gasteiger partial charge is 0.168 e. The summed E-state index contributed by atoms with van der Waals surface area (Å²) in [6.07, 6.45) is 7.27. The van der Waals surface area contributed by atoms with Crippen molar-refractivity contribution >= 4 is 27.4 Å². The maximum Gasteiger partial charge on any atom is 0.168 e. The van der Waals surface area contributed by atoms with Crippen LogP contribution in [0.1, 0.15) is 47.8 Å². The minimum absolute atomic E-state index is 0.0624. The lowest BCUT2D eigenvalue weighted by atomic mass is 10.1. The normalized spacial score (nSPS) is 15.5. The van der Waals surface area contributed by atoms with Gasteiger partial charge in [-0.25, -0.2) is 0 Å². The van der Waals surface area contributed by atoms with Gasteiger partial charge in [0.2, 0.25) is 0 Å². The minimum atomic E-state index is 0.0624. The number of carbonyl (C=O) groups is 1. The van der Waals surface area contributed by atoms with Crippen LogP contribution in [0.15, 0.2) is 34.9 Å². The lowest BCUT2D eigenvalue weighted by molar-refractivity contribution is 0.0991. The number of nitrogens with two attached hydrogens (primary N) is 1. The average Bonchev–Trinajstić information content (AvgIpc) is 3.12. The van der Waals surface area contributed by atoms with Crippen molar-refractivity contribution in [2.24, 2.45) is 0 Å². The molecule has 1 fully saturated rings. The second kappa shape index (κ2) is 6.02. The van der Waals surface area contributed by atoms with Crippen molar-refractivity contribution in [2.75, 3.05) is 5.73 Å². The highest BCUT2D eigenvalue weighted by Crippen LogP contribution is 2.28. The molecule has 3 rings (SSSR count). The van der Waals surface area contributed by atoms with Gasteiger partial charge in [-0.2, -0.15) is 5.10 Å². The third kappa shape index (κ3) is 3.18. The Bertz CT molecular complexity index is 659. The van der Waals surface area contributed by atoms with E-state index >= 15 is 0 Å². The van der Waals surface area contributed by atoms with Crippen molar-refractivity contribution in [2.45, 2.75) is 38.1 Å². The highest BCUT2D eigenvalue weighted by Gasteiger charge is 2.18. The maximum absolute atomic E-state index is 12.3. The number of rotatable bonds is 4.